The van der Waals surface area contributed by atoms with E-state index in [1.807, 2.05) is 43.3 Å². The highest BCUT2D eigenvalue weighted by Gasteiger charge is 2.30. The van der Waals surface area contributed by atoms with Gasteiger partial charge in [-0.25, -0.2) is 0 Å². The van der Waals surface area contributed by atoms with Crippen molar-refractivity contribution in [3.8, 4) is 0 Å². The van der Waals surface area contributed by atoms with Crippen molar-refractivity contribution in [1.29, 1.82) is 0 Å². The Morgan fingerprint density at radius 1 is 1.17 bits per heavy atom. The Bertz CT molecular complexity index is 753. The third-order valence-corrected chi connectivity index (χ3v) is 5.78. The van der Waals surface area contributed by atoms with Crippen LogP contribution in [0.5, 0.6) is 0 Å². The SMILES string of the molecule is CCC(NC(=O)C(C)C(N)c1ccccc1)C1CN(Cc2ccccc2)CCO1. The summed E-state index contributed by atoms with van der Waals surface area (Å²) in [5, 5.41) is 3.20. The van der Waals surface area contributed by atoms with Gasteiger partial charge in [-0.2, -0.15) is 0 Å². The molecule has 5 heteroatoms. The molecule has 156 valence electrons. The first kappa shape index (κ1) is 21.5. The fraction of sp³-hybridized carbons (Fsp3) is 0.458. The molecule has 1 fully saturated rings. The van der Waals surface area contributed by atoms with Gasteiger partial charge in [-0.3, -0.25) is 9.69 Å². The minimum absolute atomic E-state index is 0.0124. The molecule has 0 radical (unpaired) electrons. The molecule has 1 aliphatic rings. The minimum Gasteiger partial charge on any atom is -0.373 e. The first-order valence-corrected chi connectivity index (χ1v) is 10.6. The first-order chi connectivity index (χ1) is 14.1. The molecule has 5 nitrogen and oxygen atoms in total. The zero-order valence-electron chi connectivity index (χ0n) is 17.5. The van der Waals surface area contributed by atoms with Crippen molar-refractivity contribution in [3.63, 3.8) is 0 Å². The van der Waals surface area contributed by atoms with Gasteiger partial charge in [0.25, 0.3) is 0 Å². The third-order valence-electron chi connectivity index (χ3n) is 5.78. The molecule has 29 heavy (non-hydrogen) atoms. The van der Waals surface area contributed by atoms with Crippen molar-refractivity contribution in [2.24, 2.45) is 11.7 Å². The normalized spacial score (nSPS) is 20.6. The predicted octanol–water partition coefficient (Wildman–Crippen LogP) is 3.12. The summed E-state index contributed by atoms with van der Waals surface area (Å²) in [5.74, 6) is -0.326. The second-order valence-corrected chi connectivity index (χ2v) is 7.88. The maximum absolute atomic E-state index is 12.9. The first-order valence-electron chi connectivity index (χ1n) is 10.6. The largest absolute Gasteiger partial charge is 0.373 e. The van der Waals surface area contributed by atoms with Crippen molar-refractivity contribution < 1.29 is 9.53 Å². The molecule has 1 heterocycles. The standard InChI is InChI=1S/C24H33N3O2/c1-3-21(26-24(28)18(2)23(25)20-12-8-5-9-13-20)22-17-27(14-15-29-22)16-19-10-6-4-7-11-19/h4-13,18,21-23H,3,14-17,25H2,1-2H3,(H,26,28). The van der Waals surface area contributed by atoms with E-state index in [9.17, 15) is 4.79 Å². The zero-order valence-corrected chi connectivity index (χ0v) is 17.5. The third kappa shape index (κ3) is 5.89. The van der Waals surface area contributed by atoms with E-state index in [1.54, 1.807) is 0 Å². The van der Waals surface area contributed by atoms with Gasteiger partial charge in [-0.15, -0.1) is 0 Å². The average molecular weight is 396 g/mol. The van der Waals surface area contributed by atoms with Gasteiger partial charge in [0.1, 0.15) is 0 Å². The van der Waals surface area contributed by atoms with Crippen molar-refractivity contribution >= 4 is 5.91 Å². The predicted molar refractivity (Wildman–Crippen MR) is 116 cm³/mol. The molecule has 0 aliphatic carbocycles. The van der Waals surface area contributed by atoms with Crippen LogP contribution >= 0.6 is 0 Å². The van der Waals surface area contributed by atoms with Crippen LogP contribution in [0.2, 0.25) is 0 Å². The lowest BCUT2D eigenvalue weighted by atomic mass is 9.94. The topological polar surface area (TPSA) is 67.6 Å². The van der Waals surface area contributed by atoms with E-state index in [-0.39, 0.29) is 30.0 Å². The van der Waals surface area contributed by atoms with E-state index >= 15 is 0 Å². The average Bonchev–Trinajstić information content (AvgIpc) is 2.77. The molecular formula is C24H33N3O2. The maximum Gasteiger partial charge on any atom is 0.225 e. The summed E-state index contributed by atoms with van der Waals surface area (Å²) in [5.41, 5.74) is 8.62. The minimum atomic E-state index is -0.324. The molecule has 2 aromatic carbocycles. The van der Waals surface area contributed by atoms with Crippen LogP contribution in [0.15, 0.2) is 60.7 Å². The van der Waals surface area contributed by atoms with Crippen LogP contribution < -0.4 is 11.1 Å². The Morgan fingerprint density at radius 2 is 1.83 bits per heavy atom. The van der Waals surface area contributed by atoms with Crippen LogP contribution in [-0.2, 0) is 16.1 Å². The summed E-state index contributed by atoms with van der Waals surface area (Å²) in [7, 11) is 0. The van der Waals surface area contributed by atoms with Gasteiger partial charge in [0.2, 0.25) is 5.91 Å². The second-order valence-electron chi connectivity index (χ2n) is 7.88. The smallest absolute Gasteiger partial charge is 0.225 e. The number of hydrogen-bond donors (Lipinski definition) is 2. The molecule has 2 aromatic rings. The highest BCUT2D eigenvalue weighted by atomic mass is 16.5. The fourth-order valence-electron chi connectivity index (χ4n) is 3.86. The molecule has 0 spiro atoms. The van der Waals surface area contributed by atoms with Crippen LogP contribution in [0, 0.1) is 5.92 Å². The van der Waals surface area contributed by atoms with E-state index in [2.05, 4.69) is 41.4 Å². The summed E-state index contributed by atoms with van der Waals surface area (Å²) in [6.07, 6.45) is 0.810. The molecule has 4 unspecified atom stereocenters. The molecule has 1 aliphatic heterocycles. The Balaban J connectivity index is 1.57. The fourth-order valence-corrected chi connectivity index (χ4v) is 3.86. The lowest BCUT2D eigenvalue weighted by Gasteiger charge is -2.37. The van der Waals surface area contributed by atoms with E-state index < -0.39 is 0 Å². The molecule has 3 N–H and O–H groups in total. The van der Waals surface area contributed by atoms with E-state index in [4.69, 9.17) is 10.5 Å². The number of nitrogens with two attached hydrogens (primary N) is 1. The number of nitrogens with one attached hydrogen (secondary N) is 1. The van der Waals surface area contributed by atoms with Crippen molar-refractivity contribution in [1.82, 2.24) is 10.2 Å². The van der Waals surface area contributed by atoms with Crippen molar-refractivity contribution in [3.05, 3.63) is 71.8 Å². The molecule has 3 rings (SSSR count). The summed E-state index contributed by atoms with van der Waals surface area (Å²) in [6.45, 7) is 7.29. The van der Waals surface area contributed by atoms with Crippen LogP contribution in [0.1, 0.15) is 37.4 Å². The van der Waals surface area contributed by atoms with Crippen LogP contribution in [0.3, 0.4) is 0 Å². The van der Waals surface area contributed by atoms with Crippen LogP contribution in [0.4, 0.5) is 0 Å². The van der Waals surface area contributed by atoms with Gasteiger partial charge in [-0.05, 0) is 17.5 Å². The van der Waals surface area contributed by atoms with E-state index in [1.165, 1.54) is 5.56 Å². The number of hydrogen-bond acceptors (Lipinski definition) is 4. The van der Waals surface area contributed by atoms with Crippen LogP contribution in [-0.4, -0.2) is 42.6 Å². The Labute approximate surface area is 174 Å². The highest BCUT2D eigenvalue weighted by molar-refractivity contribution is 5.79. The second kappa shape index (κ2) is 10.5. The zero-order chi connectivity index (χ0) is 20.6. The van der Waals surface area contributed by atoms with Crippen LogP contribution in [0.25, 0.3) is 0 Å². The lowest BCUT2D eigenvalue weighted by molar-refractivity contribution is -0.128. The molecule has 0 saturated carbocycles. The lowest BCUT2D eigenvalue weighted by Crippen LogP contribution is -2.54. The van der Waals surface area contributed by atoms with Gasteiger partial charge in [-0.1, -0.05) is 74.5 Å². The quantitative estimate of drug-likeness (QED) is 0.721. The summed E-state index contributed by atoms with van der Waals surface area (Å²) >= 11 is 0. The molecular weight excluding hydrogens is 362 g/mol. The van der Waals surface area contributed by atoms with E-state index in [0.29, 0.717) is 6.61 Å². The van der Waals surface area contributed by atoms with Crippen molar-refractivity contribution in [2.45, 2.75) is 45.0 Å². The summed E-state index contributed by atoms with van der Waals surface area (Å²) < 4.78 is 6.04. The highest BCUT2D eigenvalue weighted by Crippen LogP contribution is 2.20. The van der Waals surface area contributed by atoms with Gasteiger partial charge < -0.3 is 15.8 Å². The monoisotopic (exact) mass is 395 g/mol. The number of nitrogens with zero attached hydrogens (tertiary/aromatic N) is 1. The number of rotatable bonds is 8. The van der Waals surface area contributed by atoms with Crippen molar-refractivity contribution in [2.75, 3.05) is 19.7 Å². The summed E-state index contributed by atoms with van der Waals surface area (Å²) in [4.78, 5) is 15.3. The molecule has 0 aromatic heterocycles. The Kier molecular flexibility index (Phi) is 7.81. The van der Waals surface area contributed by atoms with Gasteiger partial charge >= 0.3 is 0 Å². The number of benzene rings is 2. The van der Waals surface area contributed by atoms with Gasteiger partial charge in [0, 0.05) is 25.7 Å². The van der Waals surface area contributed by atoms with E-state index in [0.717, 1.165) is 31.6 Å². The number of ether oxygens (including phenoxy) is 1. The van der Waals surface area contributed by atoms with Gasteiger partial charge in [0.15, 0.2) is 0 Å². The number of carbonyl (C=O) groups is 1. The Morgan fingerprint density at radius 3 is 2.48 bits per heavy atom. The number of morpholine rings is 1. The molecule has 1 saturated heterocycles. The molecule has 0 bridgehead atoms. The van der Waals surface area contributed by atoms with Gasteiger partial charge in [0.05, 0.1) is 24.7 Å². The maximum atomic E-state index is 12.9. The number of carbonyl (C=O) groups excluding carboxylic acids is 1. The molecule has 4 atom stereocenters. The summed E-state index contributed by atoms with van der Waals surface area (Å²) in [6, 6.07) is 19.9. The molecule has 1 amide bonds. The number of amides is 1. The Hall–Kier alpha value is -2.21.